The molecule has 2 heterocycles. The fourth-order valence-electron chi connectivity index (χ4n) is 1.30. The van der Waals surface area contributed by atoms with E-state index in [9.17, 15) is 13.2 Å². The summed E-state index contributed by atoms with van der Waals surface area (Å²) in [7, 11) is -3.79. The first kappa shape index (κ1) is 13.2. The Labute approximate surface area is 108 Å². The number of nitrogens with zero attached hydrogens (tertiary/aromatic N) is 2. The van der Waals surface area contributed by atoms with Crippen LogP contribution in [0.2, 0.25) is 0 Å². The molecular weight excluding hydrogens is 272 g/mol. The molecule has 19 heavy (non-hydrogen) atoms. The minimum Gasteiger partial charge on any atom is -0.478 e. The van der Waals surface area contributed by atoms with Crippen LogP contribution < -0.4 is 4.72 Å². The van der Waals surface area contributed by atoms with Crippen LogP contribution in [0.15, 0.2) is 35.7 Å². The number of sulfonamides is 1. The second kappa shape index (κ2) is 5.16. The number of rotatable bonds is 5. The quantitative estimate of drug-likeness (QED) is 0.707. The summed E-state index contributed by atoms with van der Waals surface area (Å²) in [6.07, 6.45) is 4.07. The van der Waals surface area contributed by atoms with Crippen molar-refractivity contribution in [2.75, 3.05) is 0 Å². The molecule has 0 aliphatic heterocycles. The van der Waals surface area contributed by atoms with E-state index in [1.807, 2.05) is 0 Å². The van der Waals surface area contributed by atoms with Crippen molar-refractivity contribution < 1.29 is 18.3 Å². The molecule has 100 valence electrons. The van der Waals surface area contributed by atoms with E-state index >= 15 is 0 Å². The van der Waals surface area contributed by atoms with Crippen molar-refractivity contribution in [2.45, 2.75) is 11.6 Å². The summed E-state index contributed by atoms with van der Waals surface area (Å²) >= 11 is 0. The van der Waals surface area contributed by atoms with Crippen LogP contribution in [-0.4, -0.2) is 34.4 Å². The number of H-pyrrole nitrogens is 1. The molecule has 2 aromatic rings. The molecule has 0 unspecified atom stereocenters. The number of imidazole rings is 1. The highest BCUT2D eigenvalue weighted by atomic mass is 32.2. The third kappa shape index (κ3) is 3.14. The van der Waals surface area contributed by atoms with Crippen LogP contribution in [0.4, 0.5) is 0 Å². The van der Waals surface area contributed by atoms with Gasteiger partial charge in [-0.2, -0.15) is 0 Å². The Bertz CT molecular complexity index is 664. The number of pyridine rings is 1. The van der Waals surface area contributed by atoms with Crippen molar-refractivity contribution in [3.8, 4) is 0 Å². The van der Waals surface area contributed by atoms with Crippen molar-refractivity contribution in [3.63, 3.8) is 0 Å². The Morgan fingerprint density at radius 3 is 2.68 bits per heavy atom. The third-order valence-electron chi connectivity index (χ3n) is 2.24. The number of carbonyl (C=O) groups is 1. The number of hydrogen-bond donors (Lipinski definition) is 3. The Balaban J connectivity index is 2.13. The van der Waals surface area contributed by atoms with Crippen LogP contribution in [-0.2, 0) is 16.6 Å². The number of carboxylic acid groups (broad SMARTS) is 1. The molecule has 0 aliphatic rings. The zero-order valence-corrected chi connectivity index (χ0v) is 10.4. The molecule has 0 radical (unpaired) electrons. The lowest BCUT2D eigenvalue weighted by Gasteiger charge is -2.04. The van der Waals surface area contributed by atoms with E-state index in [1.54, 1.807) is 6.20 Å². The Morgan fingerprint density at radius 1 is 1.37 bits per heavy atom. The van der Waals surface area contributed by atoms with Gasteiger partial charge in [0.1, 0.15) is 5.82 Å². The molecule has 0 aromatic carbocycles. The lowest BCUT2D eigenvalue weighted by molar-refractivity contribution is 0.0696. The minimum absolute atomic E-state index is 0.00229. The van der Waals surface area contributed by atoms with E-state index < -0.39 is 16.0 Å². The van der Waals surface area contributed by atoms with Crippen LogP contribution in [0.1, 0.15) is 16.2 Å². The van der Waals surface area contributed by atoms with E-state index in [2.05, 4.69) is 19.7 Å². The summed E-state index contributed by atoms with van der Waals surface area (Å²) in [4.78, 5) is 20.9. The molecule has 9 heteroatoms. The molecule has 3 N–H and O–H groups in total. The second-order valence-electron chi connectivity index (χ2n) is 3.55. The number of hydrogen-bond acceptors (Lipinski definition) is 5. The summed E-state index contributed by atoms with van der Waals surface area (Å²) < 4.78 is 26.0. The van der Waals surface area contributed by atoms with Crippen molar-refractivity contribution in [1.82, 2.24) is 19.7 Å². The largest absolute Gasteiger partial charge is 0.478 e. The summed E-state index contributed by atoms with van der Waals surface area (Å²) in [5, 5.41) is 8.44. The monoisotopic (exact) mass is 282 g/mol. The van der Waals surface area contributed by atoms with E-state index in [1.165, 1.54) is 12.3 Å². The van der Waals surface area contributed by atoms with Crippen molar-refractivity contribution in [2.24, 2.45) is 0 Å². The van der Waals surface area contributed by atoms with Crippen molar-refractivity contribution in [1.29, 1.82) is 0 Å². The van der Waals surface area contributed by atoms with Gasteiger partial charge in [-0.1, -0.05) is 0 Å². The molecular formula is C10H10N4O4S. The fourth-order valence-corrected chi connectivity index (χ4v) is 2.21. The molecule has 0 amide bonds. The van der Waals surface area contributed by atoms with Gasteiger partial charge in [0.25, 0.3) is 10.0 Å². The minimum atomic E-state index is -3.79. The zero-order chi connectivity index (χ0) is 13.9. The highest BCUT2D eigenvalue weighted by Gasteiger charge is 2.16. The van der Waals surface area contributed by atoms with E-state index in [0.29, 0.717) is 5.82 Å². The topological polar surface area (TPSA) is 125 Å². The molecule has 0 fully saturated rings. The molecule has 0 saturated carbocycles. The molecule has 0 aliphatic carbocycles. The van der Waals surface area contributed by atoms with Gasteiger partial charge in [-0.3, -0.25) is 0 Å². The lowest BCUT2D eigenvalue weighted by atomic mass is 10.3. The SMILES string of the molecule is O=C(O)c1ccc(S(=O)(=O)NCc2ncc[nH]2)nc1. The first-order valence-electron chi connectivity index (χ1n) is 5.16. The average molecular weight is 282 g/mol. The maximum absolute atomic E-state index is 11.8. The van der Waals surface area contributed by atoms with Crippen LogP contribution in [0.3, 0.4) is 0 Å². The Kier molecular flexibility index (Phi) is 3.58. The average Bonchev–Trinajstić information content (AvgIpc) is 2.90. The molecule has 2 aromatic heterocycles. The van der Waals surface area contributed by atoms with Crippen LogP contribution in [0, 0.1) is 0 Å². The summed E-state index contributed by atoms with van der Waals surface area (Å²) in [5.41, 5.74) is -0.0787. The molecule has 0 spiro atoms. The van der Waals surface area contributed by atoms with Gasteiger partial charge in [0.2, 0.25) is 0 Å². The van der Waals surface area contributed by atoms with Crippen LogP contribution in [0.25, 0.3) is 0 Å². The maximum atomic E-state index is 11.8. The fraction of sp³-hybridized carbons (Fsp3) is 0.100. The van der Waals surface area contributed by atoms with E-state index in [0.717, 1.165) is 12.3 Å². The van der Waals surface area contributed by atoms with Gasteiger partial charge in [0.15, 0.2) is 5.03 Å². The zero-order valence-electron chi connectivity index (χ0n) is 9.57. The highest BCUT2D eigenvalue weighted by Crippen LogP contribution is 2.07. The van der Waals surface area contributed by atoms with Gasteiger partial charge in [-0.15, -0.1) is 0 Å². The highest BCUT2D eigenvalue weighted by molar-refractivity contribution is 7.89. The molecule has 0 saturated heterocycles. The summed E-state index contributed by atoms with van der Waals surface area (Å²) in [6.45, 7) is -0.00229. The number of aromatic amines is 1. The predicted molar refractivity (Wildman–Crippen MR) is 63.8 cm³/mol. The van der Waals surface area contributed by atoms with Gasteiger partial charge < -0.3 is 10.1 Å². The Morgan fingerprint density at radius 2 is 2.16 bits per heavy atom. The van der Waals surface area contributed by atoms with Gasteiger partial charge in [0.05, 0.1) is 12.1 Å². The Hall–Kier alpha value is -2.26. The standard InChI is InChI=1S/C10H10N4O4S/c15-10(16)7-1-2-9(13-5-7)19(17,18)14-6-8-11-3-4-12-8/h1-5,14H,6H2,(H,11,12)(H,15,16). The molecule has 8 nitrogen and oxygen atoms in total. The number of aromatic nitrogens is 3. The van der Waals surface area contributed by atoms with Gasteiger partial charge in [-0.05, 0) is 12.1 Å². The molecule has 2 rings (SSSR count). The first-order valence-corrected chi connectivity index (χ1v) is 6.64. The van der Waals surface area contributed by atoms with Crippen molar-refractivity contribution in [3.05, 3.63) is 42.1 Å². The summed E-state index contributed by atoms with van der Waals surface area (Å²) in [5.74, 6) is -0.703. The number of aromatic carboxylic acids is 1. The predicted octanol–water partition coefficient (Wildman–Crippen LogP) is -0.0186. The van der Waals surface area contributed by atoms with Gasteiger partial charge in [-0.25, -0.2) is 27.9 Å². The third-order valence-corrected chi connectivity index (χ3v) is 3.56. The van der Waals surface area contributed by atoms with Crippen molar-refractivity contribution >= 4 is 16.0 Å². The van der Waals surface area contributed by atoms with Crippen LogP contribution >= 0.6 is 0 Å². The smallest absolute Gasteiger partial charge is 0.337 e. The van der Waals surface area contributed by atoms with Crippen LogP contribution in [0.5, 0.6) is 0 Å². The van der Waals surface area contributed by atoms with E-state index in [4.69, 9.17) is 5.11 Å². The number of carboxylic acids is 1. The number of nitrogens with one attached hydrogen (secondary N) is 2. The first-order chi connectivity index (χ1) is 8.99. The van der Waals surface area contributed by atoms with E-state index in [-0.39, 0.29) is 17.1 Å². The summed E-state index contributed by atoms with van der Waals surface area (Å²) in [6, 6.07) is 2.31. The second-order valence-corrected chi connectivity index (χ2v) is 5.26. The molecule has 0 bridgehead atoms. The van der Waals surface area contributed by atoms with Gasteiger partial charge >= 0.3 is 5.97 Å². The lowest BCUT2D eigenvalue weighted by Crippen LogP contribution is -2.24. The van der Waals surface area contributed by atoms with Gasteiger partial charge in [0, 0.05) is 18.6 Å². The normalized spacial score (nSPS) is 11.4. The maximum Gasteiger partial charge on any atom is 0.337 e. The molecule has 0 atom stereocenters.